The van der Waals surface area contributed by atoms with Crippen LogP contribution in [-0.4, -0.2) is 9.97 Å². The maximum Gasteiger partial charge on any atom is 0.0346 e. The van der Waals surface area contributed by atoms with Crippen molar-refractivity contribution in [2.24, 2.45) is 0 Å². The third-order valence-corrected chi connectivity index (χ3v) is 11.3. The first-order chi connectivity index (χ1) is 24.8. The zero-order valence-electron chi connectivity index (χ0n) is 26.9. The lowest BCUT2D eigenvalue weighted by Gasteiger charge is -2.18. The van der Waals surface area contributed by atoms with Gasteiger partial charge in [-0.2, -0.15) is 0 Å². The number of hydrogen-bond acceptors (Lipinski definition) is 2. The van der Waals surface area contributed by atoms with E-state index in [1.165, 1.54) is 109 Å². The molecule has 2 aliphatic rings. The van der Waals surface area contributed by atoms with E-state index in [0.717, 1.165) is 11.1 Å². The van der Waals surface area contributed by atoms with E-state index in [9.17, 15) is 0 Å². The van der Waals surface area contributed by atoms with Crippen LogP contribution in [0.5, 0.6) is 0 Å². The molecular formula is C48H26N2. The largest absolute Gasteiger partial charge is 0.264 e. The van der Waals surface area contributed by atoms with Crippen LogP contribution >= 0.6 is 0 Å². The Bertz CT molecular complexity index is 2900. The summed E-state index contributed by atoms with van der Waals surface area (Å²) in [4.78, 5) is 9.17. The molecule has 2 heteroatoms. The highest BCUT2D eigenvalue weighted by atomic mass is 14.6. The normalized spacial score (nSPS) is 12.4. The topological polar surface area (TPSA) is 25.8 Å². The minimum Gasteiger partial charge on any atom is -0.264 e. The monoisotopic (exact) mass is 630 g/mol. The predicted octanol–water partition coefficient (Wildman–Crippen LogP) is 12.9. The number of pyridine rings is 2. The van der Waals surface area contributed by atoms with Crippen molar-refractivity contribution in [2.45, 2.75) is 0 Å². The maximum absolute atomic E-state index is 4.59. The summed E-state index contributed by atoms with van der Waals surface area (Å²) in [5.74, 6) is 0. The summed E-state index contributed by atoms with van der Waals surface area (Å²) in [6.45, 7) is 0. The number of hydrogen-bond donors (Lipinski definition) is 0. The quantitative estimate of drug-likeness (QED) is 0.178. The lowest BCUT2D eigenvalue weighted by atomic mass is 9.85. The van der Waals surface area contributed by atoms with E-state index in [1.54, 1.807) is 0 Å². The fraction of sp³-hybridized carbons (Fsp3) is 0. The first-order valence-electron chi connectivity index (χ1n) is 17.2. The third kappa shape index (κ3) is 3.37. The van der Waals surface area contributed by atoms with Crippen molar-refractivity contribution in [2.75, 3.05) is 0 Å². The molecule has 2 aromatic heterocycles. The lowest BCUT2D eigenvalue weighted by molar-refractivity contribution is 1.33. The Labute approximate surface area is 287 Å². The molecule has 0 amide bonds. The van der Waals surface area contributed by atoms with E-state index >= 15 is 0 Å². The summed E-state index contributed by atoms with van der Waals surface area (Å²) < 4.78 is 0. The molecule has 0 fully saturated rings. The van der Waals surface area contributed by atoms with Gasteiger partial charge in [0.1, 0.15) is 0 Å². The average molecular weight is 631 g/mol. The fourth-order valence-corrected chi connectivity index (χ4v) is 9.13. The molecule has 0 aliphatic heterocycles. The molecule has 228 valence electrons. The zero-order chi connectivity index (χ0) is 32.5. The molecule has 0 saturated heterocycles. The SMILES string of the molecule is c1cncc(-c2cc3c4cc5c(cc4c(-c4cccnc4)cc3c3cc4c(cc23)-c2cccc3cccc-4c23)-c2cccc3cccc-5c23)c1. The second kappa shape index (κ2) is 9.49. The Morgan fingerprint density at radius 2 is 0.620 bits per heavy atom. The summed E-state index contributed by atoms with van der Waals surface area (Å²) in [5.41, 5.74) is 15.1. The van der Waals surface area contributed by atoms with Crippen LogP contribution in [0, 0.1) is 0 Å². The van der Waals surface area contributed by atoms with Crippen molar-refractivity contribution in [1.82, 2.24) is 9.97 Å². The maximum atomic E-state index is 4.59. The predicted molar refractivity (Wildman–Crippen MR) is 209 cm³/mol. The van der Waals surface area contributed by atoms with Crippen LogP contribution in [-0.2, 0) is 0 Å². The van der Waals surface area contributed by atoms with Crippen molar-refractivity contribution in [3.05, 3.63) is 158 Å². The zero-order valence-corrected chi connectivity index (χ0v) is 26.9. The van der Waals surface area contributed by atoms with E-state index in [-0.39, 0.29) is 0 Å². The van der Waals surface area contributed by atoms with Gasteiger partial charge in [-0.1, -0.05) is 84.9 Å². The van der Waals surface area contributed by atoms with E-state index in [2.05, 4.69) is 131 Å². The molecule has 0 radical (unpaired) electrons. The van der Waals surface area contributed by atoms with Gasteiger partial charge >= 0.3 is 0 Å². The average Bonchev–Trinajstić information content (AvgIpc) is 3.67. The van der Waals surface area contributed by atoms with Crippen molar-refractivity contribution in [3.8, 4) is 66.8 Å². The molecule has 0 N–H and O–H groups in total. The highest BCUT2D eigenvalue weighted by Gasteiger charge is 2.26. The molecule has 0 spiro atoms. The van der Waals surface area contributed by atoms with E-state index in [0.29, 0.717) is 0 Å². The molecule has 2 aliphatic carbocycles. The second-order valence-electron chi connectivity index (χ2n) is 13.7. The van der Waals surface area contributed by atoms with Crippen LogP contribution in [0.25, 0.3) is 121 Å². The molecule has 0 atom stereocenters. The van der Waals surface area contributed by atoms with Gasteiger partial charge in [0.15, 0.2) is 0 Å². The van der Waals surface area contributed by atoms with Crippen LogP contribution in [0.3, 0.4) is 0 Å². The third-order valence-electron chi connectivity index (χ3n) is 11.3. The summed E-state index contributed by atoms with van der Waals surface area (Å²) in [5, 5.41) is 12.7. The standard InChI is InChI=1S/C48H26N2/c1-7-27-9-3-15-33-39-23-45-41(21-37(39)31(13-1)47(27)33)35(29-11-5-17-49-25-29)19-44-43(45)20-36(30-12-6-18-50-26-30)42-22-38-32-14-2-8-28-10-4-16-34(48(28)32)40(38)24-46(42)44/h1-26H. The highest BCUT2D eigenvalue weighted by Crippen LogP contribution is 2.53. The van der Waals surface area contributed by atoms with Gasteiger partial charge < -0.3 is 0 Å². The minimum atomic E-state index is 1.12. The van der Waals surface area contributed by atoms with E-state index in [4.69, 9.17) is 0 Å². The van der Waals surface area contributed by atoms with Gasteiger partial charge in [0.05, 0.1) is 0 Å². The highest BCUT2D eigenvalue weighted by molar-refractivity contribution is 6.29. The molecule has 0 unspecified atom stereocenters. The first-order valence-corrected chi connectivity index (χ1v) is 17.2. The van der Waals surface area contributed by atoms with Gasteiger partial charge in [0, 0.05) is 35.9 Å². The summed E-state index contributed by atoms with van der Waals surface area (Å²) in [7, 11) is 0. The summed E-state index contributed by atoms with van der Waals surface area (Å²) >= 11 is 0. The first kappa shape index (κ1) is 26.3. The molecule has 50 heavy (non-hydrogen) atoms. The smallest absolute Gasteiger partial charge is 0.0346 e. The van der Waals surface area contributed by atoms with Crippen LogP contribution < -0.4 is 0 Å². The van der Waals surface area contributed by atoms with Gasteiger partial charge in [-0.15, -0.1) is 0 Å². The second-order valence-corrected chi connectivity index (χ2v) is 13.7. The summed E-state index contributed by atoms with van der Waals surface area (Å²) in [6, 6.07) is 49.9. The lowest BCUT2D eigenvalue weighted by Crippen LogP contribution is -1.92. The van der Waals surface area contributed by atoms with Crippen molar-refractivity contribution < 1.29 is 0 Å². The minimum absolute atomic E-state index is 1.12. The van der Waals surface area contributed by atoms with Crippen LogP contribution in [0.1, 0.15) is 0 Å². The molecule has 12 rings (SSSR count). The molecular weight excluding hydrogens is 605 g/mol. The van der Waals surface area contributed by atoms with Gasteiger partial charge in [0.25, 0.3) is 0 Å². The van der Waals surface area contributed by atoms with Crippen molar-refractivity contribution >= 4 is 53.9 Å². The van der Waals surface area contributed by atoms with Gasteiger partial charge in [-0.3, -0.25) is 9.97 Å². The van der Waals surface area contributed by atoms with Crippen LogP contribution in [0.2, 0.25) is 0 Å². The van der Waals surface area contributed by atoms with Gasteiger partial charge in [-0.25, -0.2) is 0 Å². The van der Waals surface area contributed by atoms with Gasteiger partial charge in [0.2, 0.25) is 0 Å². The summed E-state index contributed by atoms with van der Waals surface area (Å²) in [6.07, 6.45) is 7.73. The number of nitrogens with zero attached hydrogens (tertiary/aromatic N) is 2. The Kier molecular flexibility index (Phi) is 5.00. The molecule has 0 bridgehead atoms. The van der Waals surface area contributed by atoms with Crippen LogP contribution in [0.4, 0.5) is 0 Å². The van der Waals surface area contributed by atoms with Crippen LogP contribution in [0.15, 0.2) is 158 Å². The molecule has 10 aromatic rings. The van der Waals surface area contributed by atoms with Crippen molar-refractivity contribution in [3.63, 3.8) is 0 Å². The fourth-order valence-electron chi connectivity index (χ4n) is 9.13. The van der Waals surface area contributed by atoms with E-state index < -0.39 is 0 Å². The molecule has 2 heterocycles. The van der Waals surface area contributed by atoms with E-state index in [1.807, 2.05) is 36.9 Å². The molecule has 2 nitrogen and oxygen atoms in total. The Hall–Kier alpha value is -6.64. The molecule has 8 aromatic carbocycles. The Morgan fingerprint density at radius 1 is 0.280 bits per heavy atom. The van der Waals surface area contributed by atoms with Crippen molar-refractivity contribution in [1.29, 1.82) is 0 Å². The number of benzene rings is 8. The molecule has 0 saturated carbocycles. The van der Waals surface area contributed by atoms with Gasteiger partial charge in [-0.05, 0) is 158 Å². The number of aromatic nitrogens is 2. The Morgan fingerprint density at radius 3 is 0.980 bits per heavy atom. The Balaban J connectivity index is 1.28. The number of rotatable bonds is 2. The number of fused-ring (bicyclic) bond motifs is 11.